The lowest BCUT2D eigenvalue weighted by Crippen LogP contribution is -2.18. The molecule has 1 aromatic heterocycles. The Morgan fingerprint density at radius 3 is 2.70 bits per heavy atom. The van der Waals surface area contributed by atoms with Crippen LogP contribution in [0.25, 0.3) is 11.1 Å². The normalized spacial score (nSPS) is 16.7. The van der Waals surface area contributed by atoms with Gasteiger partial charge in [0.25, 0.3) is 0 Å². The summed E-state index contributed by atoms with van der Waals surface area (Å²) in [5.74, 6) is 1.06. The summed E-state index contributed by atoms with van der Waals surface area (Å²) in [6.45, 7) is 4.31. The highest BCUT2D eigenvalue weighted by Crippen LogP contribution is 2.38. The summed E-state index contributed by atoms with van der Waals surface area (Å²) in [6, 6.07) is 10.6. The van der Waals surface area contributed by atoms with Crippen molar-refractivity contribution in [2.45, 2.75) is 46.0 Å². The van der Waals surface area contributed by atoms with Crippen LogP contribution in [-0.4, -0.2) is 4.98 Å². The molecule has 1 atom stereocenters. The fraction of sp³-hybridized carbons (Fsp3) is 0.400. The number of benzene rings is 1. The van der Waals surface area contributed by atoms with Gasteiger partial charge in [0.15, 0.2) is 0 Å². The van der Waals surface area contributed by atoms with Gasteiger partial charge < -0.3 is 5.73 Å². The zero-order chi connectivity index (χ0) is 16.4. The van der Waals surface area contributed by atoms with Gasteiger partial charge in [-0.3, -0.25) is 0 Å². The molecule has 1 heterocycles. The molecule has 118 valence electrons. The number of pyridine rings is 1. The fourth-order valence-corrected chi connectivity index (χ4v) is 3.66. The minimum Gasteiger partial charge on any atom is -0.383 e. The van der Waals surface area contributed by atoms with Gasteiger partial charge in [-0.05, 0) is 43.2 Å². The van der Waals surface area contributed by atoms with Crippen molar-refractivity contribution >= 4 is 5.82 Å². The van der Waals surface area contributed by atoms with Crippen LogP contribution >= 0.6 is 0 Å². The van der Waals surface area contributed by atoms with Gasteiger partial charge in [-0.1, -0.05) is 49.6 Å². The van der Waals surface area contributed by atoms with Crippen molar-refractivity contribution in [2.24, 2.45) is 5.92 Å². The Kier molecular flexibility index (Phi) is 4.34. The van der Waals surface area contributed by atoms with E-state index in [0.29, 0.717) is 17.3 Å². The highest BCUT2D eigenvalue weighted by molar-refractivity contribution is 5.79. The number of nitrogens with two attached hydrogens (primary N) is 1. The van der Waals surface area contributed by atoms with Crippen LogP contribution in [0.2, 0.25) is 0 Å². The van der Waals surface area contributed by atoms with E-state index >= 15 is 0 Å². The number of nitrogens with zero attached hydrogens (tertiary/aromatic N) is 2. The Labute approximate surface area is 138 Å². The molecule has 0 aliphatic heterocycles. The molecule has 0 amide bonds. The van der Waals surface area contributed by atoms with E-state index in [1.54, 1.807) is 0 Å². The van der Waals surface area contributed by atoms with Crippen LogP contribution in [0.3, 0.4) is 0 Å². The van der Waals surface area contributed by atoms with Crippen LogP contribution in [0.1, 0.15) is 48.6 Å². The molecule has 3 heteroatoms. The molecular formula is C20H23N3. The number of nitriles is 1. The lowest BCUT2D eigenvalue weighted by molar-refractivity contribution is 0.419. The van der Waals surface area contributed by atoms with E-state index in [-0.39, 0.29) is 0 Å². The van der Waals surface area contributed by atoms with E-state index in [0.717, 1.165) is 29.7 Å². The molecule has 0 saturated heterocycles. The number of rotatable bonds is 3. The molecule has 1 aromatic carbocycles. The van der Waals surface area contributed by atoms with Crippen LogP contribution in [0.4, 0.5) is 5.82 Å². The van der Waals surface area contributed by atoms with E-state index in [1.807, 2.05) is 0 Å². The molecule has 2 aromatic rings. The van der Waals surface area contributed by atoms with Crippen LogP contribution < -0.4 is 5.73 Å². The SMILES string of the molecule is CCCC1CCc2nc(N)c(C#N)c(-c3ccc(C)cc3)c2C1. The summed E-state index contributed by atoms with van der Waals surface area (Å²) in [6.07, 6.45) is 5.59. The van der Waals surface area contributed by atoms with E-state index in [1.165, 1.54) is 30.4 Å². The lowest BCUT2D eigenvalue weighted by atomic mass is 9.79. The third-order valence-electron chi connectivity index (χ3n) is 4.84. The second kappa shape index (κ2) is 6.42. The standard InChI is InChI=1S/C20H23N3/c1-3-4-14-7-10-18-16(11-14)19(17(12-21)20(22)23-18)15-8-5-13(2)6-9-15/h5-6,8-9,14H,3-4,7,10-11H2,1-2H3,(H2,22,23). The van der Waals surface area contributed by atoms with Gasteiger partial charge in [0.1, 0.15) is 17.5 Å². The third-order valence-corrected chi connectivity index (χ3v) is 4.84. The first kappa shape index (κ1) is 15.6. The van der Waals surface area contributed by atoms with Crippen molar-refractivity contribution in [1.82, 2.24) is 4.98 Å². The number of aromatic nitrogens is 1. The topological polar surface area (TPSA) is 62.7 Å². The average Bonchev–Trinajstić information content (AvgIpc) is 2.55. The maximum Gasteiger partial charge on any atom is 0.142 e. The Hall–Kier alpha value is -2.34. The average molecular weight is 305 g/mol. The Morgan fingerprint density at radius 1 is 1.30 bits per heavy atom. The molecule has 0 bridgehead atoms. The second-order valence-corrected chi connectivity index (χ2v) is 6.55. The van der Waals surface area contributed by atoms with Gasteiger partial charge in [-0.15, -0.1) is 0 Å². The smallest absolute Gasteiger partial charge is 0.142 e. The molecule has 2 N–H and O–H groups in total. The molecule has 23 heavy (non-hydrogen) atoms. The minimum atomic E-state index is 0.371. The highest BCUT2D eigenvalue weighted by Gasteiger charge is 2.26. The van der Waals surface area contributed by atoms with Crippen molar-refractivity contribution in [3.8, 4) is 17.2 Å². The monoisotopic (exact) mass is 305 g/mol. The summed E-state index contributed by atoms with van der Waals surface area (Å²) in [4.78, 5) is 4.54. The first-order chi connectivity index (χ1) is 11.1. The molecule has 0 radical (unpaired) electrons. The van der Waals surface area contributed by atoms with Gasteiger partial charge in [0, 0.05) is 11.3 Å². The van der Waals surface area contributed by atoms with E-state index < -0.39 is 0 Å². The fourth-order valence-electron chi connectivity index (χ4n) is 3.66. The quantitative estimate of drug-likeness (QED) is 0.913. The molecular weight excluding hydrogens is 282 g/mol. The van der Waals surface area contributed by atoms with Crippen molar-refractivity contribution in [3.63, 3.8) is 0 Å². The van der Waals surface area contributed by atoms with Crippen molar-refractivity contribution in [2.75, 3.05) is 5.73 Å². The molecule has 1 unspecified atom stereocenters. The number of anilines is 1. The van der Waals surface area contributed by atoms with Crippen molar-refractivity contribution in [3.05, 3.63) is 46.6 Å². The number of aryl methyl sites for hydroxylation is 2. The van der Waals surface area contributed by atoms with Gasteiger partial charge >= 0.3 is 0 Å². The van der Waals surface area contributed by atoms with E-state index in [4.69, 9.17) is 5.73 Å². The van der Waals surface area contributed by atoms with Crippen molar-refractivity contribution in [1.29, 1.82) is 5.26 Å². The maximum atomic E-state index is 9.62. The third kappa shape index (κ3) is 2.94. The van der Waals surface area contributed by atoms with Crippen LogP contribution in [-0.2, 0) is 12.8 Å². The molecule has 0 spiro atoms. The molecule has 0 saturated carbocycles. The Morgan fingerprint density at radius 2 is 2.04 bits per heavy atom. The zero-order valence-electron chi connectivity index (χ0n) is 13.9. The molecule has 3 rings (SSSR count). The molecule has 0 fully saturated rings. The summed E-state index contributed by atoms with van der Waals surface area (Å²) in [5.41, 5.74) is 12.2. The lowest BCUT2D eigenvalue weighted by Gasteiger charge is -2.27. The predicted octanol–water partition coefficient (Wildman–Crippen LogP) is 4.42. The number of hydrogen-bond acceptors (Lipinski definition) is 3. The predicted molar refractivity (Wildman–Crippen MR) is 94.0 cm³/mol. The molecule has 3 nitrogen and oxygen atoms in total. The van der Waals surface area contributed by atoms with Gasteiger partial charge in [-0.25, -0.2) is 4.98 Å². The Balaban J connectivity index is 2.18. The summed E-state index contributed by atoms with van der Waals surface area (Å²) < 4.78 is 0. The van der Waals surface area contributed by atoms with Gasteiger partial charge in [-0.2, -0.15) is 5.26 Å². The van der Waals surface area contributed by atoms with Crippen molar-refractivity contribution < 1.29 is 0 Å². The van der Waals surface area contributed by atoms with E-state index in [2.05, 4.69) is 49.2 Å². The minimum absolute atomic E-state index is 0.371. The highest BCUT2D eigenvalue weighted by atomic mass is 14.9. The first-order valence-electron chi connectivity index (χ1n) is 8.42. The van der Waals surface area contributed by atoms with Crippen LogP contribution in [0.15, 0.2) is 24.3 Å². The van der Waals surface area contributed by atoms with Crippen LogP contribution in [0.5, 0.6) is 0 Å². The summed E-state index contributed by atoms with van der Waals surface area (Å²) >= 11 is 0. The molecule has 1 aliphatic rings. The number of fused-ring (bicyclic) bond motifs is 1. The summed E-state index contributed by atoms with van der Waals surface area (Å²) in [7, 11) is 0. The van der Waals surface area contributed by atoms with Gasteiger partial charge in [0.05, 0.1) is 0 Å². The summed E-state index contributed by atoms with van der Waals surface area (Å²) in [5, 5.41) is 9.62. The second-order valence-electron chi connectivity index (χ2n) is 6.55. The van der Waals surface area contributed by atoms with E-state index in [9.17, 15) is 5.26 Å². The number of hydrogen-bond donors (Lipinski definition) is 1. The Bertz CT molecular complexity index is 754. The van der Waals surface area contributed by atoms with Crippen LogP contribution in [0, 0.1) is 24.2 Å². The molecule has 1 aliphatic carbocycles. The maximum absolute atomic E-state index is 9.62. The van der Waals surface area contributed by atoms with Gasteiger partial charge in [0.2, 0.25) is 0 Å². The first-order valence-corrected chi connectivity index (χ1v) is 8.42. The number of nitrogen functional groups attached to an aromatic ring is 1. The largest absolute Gasteiger partial charge is 0.383 e. The zero-order valence-corrected chi connectivity index (χ0v) is 13.9.